The molecular weight excluding hydrogens is 266 g/mol. The Bertz CT molecular complexity index is 698. The molecule has 0 amide bonds. The molecular formula is C15H16B2O4. The van der Waals surface area contributed by atoms with Crippen molar-refractivity contribution < 1.29 is 19.7 Å². The van der Waals surface area contributed by atoms with E-state index in [9.17, 15) is 10.0 Å². The largest absolute Gasteiger partial charge is 0.539 e. The van der Waals surface area contributed by atoms with Crippen LogP contribution in [-0.4, -0.2) is 29.9 Å². The van der Waals surface area contributed by atoms with Crippen molar-refractivity contribution in [2.45, 2.75) is 19.3 Å². The van der Waals surface area contributed by atoms with Crippen LogP contribution in [0.15, 0.2) is 36.4 Å². The first-order valence-corrected chi connectivity index (χ1v) is 6.84. The van der Waals surface area contributed by atoms with Crippen molar-refractivity contribution in [3.05, 3.63) is 47.5 Å². The third kappa shape index (κ3) is 2.16. The van der Waals surface area contributed by atoms with Crippen LogP contribution < -0.4 is 10.1 Å². The molecule has 2 aromatic rings. The van der Waals surface area contributed by atoms with Crippen molar-refractivity contribution in [2.24, 2.45) is 0 Å². The Hall–Kier alpha value is -1.75. The van der Waals surface area contributed by atoms with Crippen molar-refractivity contribution in [3.63, 3.8) is 0 Å². The molecule has 0 saturated carbocycles. The maximum Gasteiger partial charge on any atom is 0.504 e. The fraction of sp³-hybridized carbons (Fsp3) is 0.200. The van der Waals surface area contributed by atoms with E-state index < -0.39 is 7.12 Å². The van der Waals surface area contributed by atoms with Gasteiger partial charge in [0.05, 0.1) is 0 Å². The van der Waals surface area contributed by atoms with Gasteiger partial charge in [0.25, 0.3) is 0 Å². The van der Waals surface area contributed by atoms with E-state index in [0.29, 0.717) is 11.2 Å². The van der Waals surface area contributed by atoms with Gasteiger partial charge in [0.1, 0.15) is 5.75 Å². The highest BCUT2D eigenvalue weighted by molar-refractivity contribution is 6.58. The molecule has 0 aromatic heterocycles. The van der Waals surface area contributed by atoms with Gasteiger partial charge in [0.2, 0.25) is 0 Å². The topological polar surface area (TPSA) is 69.9 Å². The summed E-state index contributed by atoms with van der Waals surface area (Å²) in [5, 5.41) is 27.6. The number of hydrogen-bond donors (Lipinski definition) is 3. The zero-order chi connectivity index (χ0) is 15.2. The summed E-state index contributed by atoms with van der Waals surface area (Å²) < 4.78 is 5.16. The van der Waals surface area contributed by atoms with E-state index in [1.807, 2.05) is 30.3 Å². The first-order chi connectivity index (χ1) is 9.95. The Kier molecular flexibility index (Phi) is 3.32. The molecule has 0 aliphatic heterocycles. The van der Waals surface area contributed by atoms with Gasteiger partial charge in [-0.25, -0.2) is 0 Å². The van der Waals surface area contributed by atoms with Gasteiger partial charge >= 0.3 is 14.8 Å². The third-order valence-electron chi connectivity index (χ3n) is 4.20. The summed E-state index contributed by atoms with van der Waals surface area (Å²) in [6.07, 6.45) is 0. The van der Waals surface area contributed by atoms with Crippen LogP contribution in [0.25, 0.3) is 11.1 Å². The predicted molar refractivity (Wildman–Crippen MR) is 83.8 cm³/mol. The average molecular weight is 282 g/mol. The van der Waals surface area contributed by atoms with Gasteiger partial charge in [-0.15, -0.1) is 0 Å². The summed E-state index contributed by atoms with van der Waals surface area (Å²) in [5.41, 5.74) is 4.60. The van der Waals surface area contributed by atoms with Crippen molar-refractivity contribution >= 4 is 20.3 Å². The van der Waals surface area contributed by atoms with E-state index in [1.54, 1.807) is 6.07 Å². The van der Waals surface area contributed by atoms with E-state index in [2.05, 4.69) is 13.8 Å². The summed E-state index contributed by atoms with van der Waals surface area (Å²) in [5.74, 6) is 0.625. The van der Waals surface area contributed by atoms with Crippen LogP contribution in [0.2, 0.25) is 0 Å². The van der Waals surface area contributed by atoms with Crippen LogP contribution in [0.5, 0.6) is 5.75 Å². The van der Waals surface area contributed by atoms with Gasteiger partial charge in [-0.05, 0) is 39.8 Å². The van der Waals surface area contributed by atoms with Gasteiger partial charge in [-0.3, -0.25) is 0 Å². The van der Waals surface area contributed by atoms with E-state index in [1.165, 1.54) is 0 Å². The van der Waals surface area contributed by atoms with E-state index in [4.69, 9.17) is 9.68 Å². The molecule has 2 aromatic carbocycles. The Morgan fingerprint density at radius 1 is 1.00 bits per heavy atom. The Labute approximate surface area is 124 Å². The normalized spacial score (nSPS) is 14.3. The van der Waals surface area contributed by atoms with E-state index in [-0.39, 0.29) is 13.1 Å². The SMILES string of the molecule is CC1(C)c2cc(OBO)ccc2-c2ccc(B(O)O)cc21. The quantitative estimate of drug-likeness (QED) is 0.709. The second-order valence-corrected chi connectivity index (χ2v) is 5.78. The van der Waals surface area contributed by atoms with Crippen LogP contribution in [0.3, 0.4) is 0 Å². The third-order valence-corrected chi connectivity index (χ3v) is 4.20. The smallest absolute Gasteiger partial charge is 0.504 e. The molecule has 106 valence electrons. The zero-order valence-corrected chi connectivity index (χ0v) is 12.0. The Morgan fingerprint density at radius 3 is 2.24 bits per heavy atom. The molecule has 0 heterocycles. The standard InChI is InChI=1S/C15H16B2O4/c1-15(2)13-7-9(17(19)20)3-5-11(13)12-6-4-10(21-16-18)8-14(12)15/h3-8,16,18-20H,1-2H3. The molecule has 0 fully saturated rings. The highest BCUT2D eigenvalue weighted by atomic mass is 16.5. The maximum absolute atomic E-state index is 9.36. The summed E-state index contributed by atoms with van der Waals surface area (Å²) in [6.45, 7) is 4.18. The average Bonchev–Trinajstić information content (AvgIpc) is 2.68. The van der Waals surface area contributed by atoms with E-state index in [0.717, 1.165) is 22.3 Å². The lowest BCUT2D eigenvalue weighted by Crippen LogP contribution is -2.31. The lowest BCUT2D eigenvalue weighted by molar-refractivity contribution is 0.425. The number of benzene rings is 2. The maximum atomic E-state index is 9.36. The molecule has 0 radical (unpaired) electrons. The Balaban J connectivity index is 2.17. The molecule has 0 unspecified atom stereocenters. The van der Waals surface area contributed by atoms with Crippen LogP contribution in [0.4, 0.5) is 0 Å². The first-order valence-electron chi connectivity index (χ1n) is 6.84. The molecule has 21 heavy (non-hydrogen) atoms. The molecule has 1 aliphatic rings. The minimum Gasteiger partial charge on any atom is -0.539 e. The molecule has 3 N–H and O–H groups in total. The molecule has 0 saturated heterocycles. The van der Waals surface area contributed by atoms with Gasteiger partial charge in [-0.1, -0.05) is 38.1 Å². The van der Waals surface area contributed by atoms with Crippen LogP contribution in [0.1, 0.15) is 25.0 Å². The molecule has 3 rings (SSSR count). The lowest BCUT2D eigenvalue weighted by Gasteiger charge is -2.22. The highest BCUT2D eigenvalue weighted by Crippen LogP contribution is 2.49. The molecule has 1 aliphatic carbocycles. The van der Waals surface area contributed by atoms with Crippen molar-refractivity contribution in [3.8, 4) is 16.9 Å². The highest BCUT2D eigenvalue weighted by Gasteiger charge is 2.36. The molecule has 4 nitrogen and oxygen atoms in total. The van der Waals surface area contributed by atoms with Gasteiger partial charge in [-0.2, -0.15) is 0 Å². The number of rotatable bonds is 3. The lowest BCUT2D eigenvalue weighted by atomic mass is 9.75. The second-order valence-electron chi connectivity index (χ2n) is 5.78. The van der Waals surface area contributed by atoms with Crippen molar-refractivity contribution in [1.29, 1.82) is 0 Å². The molecule has 0 bridgehead atoms. The van der Waals surface area contributed by atoms with Crippen molar-refractivity contribution in [1.82, 2.24) is 0 Å². The fourth-order valence-electron chi connectivity index (χ4n) is 3.06. The van der Waals surface area contributed by atoms with Gasteiger partial charge in [0.15, 0.2) is 0 Å². The fourth-order valence-corrected chi connectivity index (χ4v) is 3.06. The summed E-state index contributed by atoms with van der Waals surface area (Å²) in [7, 11) is -1.82. The van der Waals surface area contributed by atoms with Crippen LogP contribution in [0, 0.1) is 0 Å². The minimum atomic E-state index is -1.47. The number of fused-ring (bicyclic) bond motifs is 3. The second kappa shape index (κ2) is 4.91. The van der Waals surface area contributed by atoms with Gasteiger partial charge in [0, 0.05) is 5.41 Å². The monoisotopic (exact) mass is 282 g/mol. The van der Waals surface area contributed by atoms with E-state index >= 15 is 0 Å². The number of hydrogen-bond acceptors (Lipinski definition) is 4. The predicted octanol–water partition coefficient (Wildman–Crippen LogP) is 0.310. The van der Waals surface area contributed by atoms with Crippen LogP contribution in [-0.2, 0) is 5.41 Å². The molecule has 0 atom stereocenters. The summed E-state index contributed by atoms with van der Waals surface area (Å²) in [6, 6.07) is 11.2. The van der Waals surface area contributed by atoms with Gasteiger partial charge < -0.3 is 19.7 Å². The summed E-state index contributed by atoms with van der Waals surface area (Å²) >= 11 is 0. The Morgan fingerprint density at radius 2 is 1.62 bits per heavy atom. The zero-order valence-electron chi connectivity index (χ0n) is 12.0. The van der Waals surface area contributed by atoms with Crippen molar-refractivity contribution in [2.75, 3.05) is 0 Å². The molecule has 0 spiro atoms. The van der Waals surface area contributed by atoms with Crippen LogP contribution >= 0.6 is 0 Å². The summed E-state index contributed by atoms with van der Waals surface area (Å²) in [4.78, 5) is 0. The minimum absolute atomic E-state index is 0.260. The first kappa shape index (κ1) is 14.2. The molecule has 6 heteroatoms.